The van der Waals surface area contributed by atoms with E-state index in [-0.39, 0.29) is 17.3 Å². The van der Waals surface area contributed by atoms with Crippen molar-refractivity contribution in [1.82, 2.24) is 29.7 Å². The molecule has 1 fully saturated rings. The van der Waals surface area contributed by atoms with Crippen molar-refractivity contribution in [2.75, 3.05) is 23.7 Å². The standard InChI is InChI=1S/C17H20F2N8O/c1-26-9-12(14(25-26)15(18)19)23-17(28)11-8-21-27-6-4-13(24-16(11)27)22-10-3-2-5-20-7-10/h4,6,8-10,15,20H,2-3,5,7H2,1H3,(H,22,24)(H,23,28)/t10-/m1/s1. The van der Waals surface area contributed by atoms with Crippen LogP contribution in [0.4, 0.5) is 20.3 Å². The zero-order valence-corrected chi connectivity index (χ0v) is 15.2. The smallest absolute Gasteiger partial charge is 0.284 e. The number of anilines is 2. The van der Waals surface area contributed by atoms with Gasteiger partial charge in [0.05, 0.1) is 11.9 Å². The number of carbonyl (C=O) groups is 1. The van der Waals surface area contributed by atoms with Gasteiger partial charge in [-0.05, 0) is 25.5 Å². The van der Waals surface area contributed by atoms with Crippen LogP contribution in [0.3, 0.4) is 0 Å². The van der Waals surface area contributed by atoms with Crippen LogP contribution in [0, 0.1) is 0 Å². The van der Waals surface area contributed by atoms with E-state index >= 15 is 0 Å². The third kappa shape index (κ3) is 3.65. The summed E-state index contributed by atoms with van der Waals surface area (Å²) < 4.78 is 28.9. The predicted octanol–water partition coefficient (Wildman–Crippen LogP) is 1.82. The van der Waals surface area contributed by atoms with Crippen LogP contribution in [0.1, 0.15) is 35.3 Å². The van der Waals surface area contributed by atoms with Crippen LogP contribution in [0.5, 0.6) is 0 Å². The molecule has 28 heavy (non-hydrogen) atoms. The van der Waals surface area contributed by atoms with E-state index in [0.29, 0.717) is 11.5 Å². The molecule has 0 saturated carbocycles. The highest BCUT2D eigenvalue weighted by atomic mass is 19.3. The van der Waals surface area contributed by atoms with Crippen molar-refractivity contribution in [3.63, 3.8) is 0 Å². The van der Waals surface area contributed by atoms with Gasteiger partial charge in [-0.25, -0.2) is 18.3 Å². The Bertz CT molecular complexity index is 992. The van der Waals surface area contributed by atoms with Crippen LogP contribution >= 0.6 is 0 Å². The Balaban J connectivity index is 1.57. The van der Waals surface area contributed by atoms with E-state index in [0.717, 1.165) is 25.9 Å². The first-order valence-corrected chi connectivity index (χ1v) is 8.96. The summed E-state index contributed by atoms with van der Waals surface area (Å²) in [7, 11) is 1.51. The summed E-state index contributed by atoms with van der Waals surface area (Å²) in [6, 6.07) is 2.04. The predicted molar refractivity (Wildman–Crippen MR) is 98.6 cm³/mol. The molecule has 1 saturated heterocycles. The number of fused-ring (bicyclic) bond motifs is 1. The Morgan fingerprint density at radius 2 is 2.29 bits per heavy atom. The summed E-state index contributed by atoms with van der Waals surface area (Å²) in [6.07, 6.45) is 3.72. The molecule has 1 aliphatic heterocycles. The lowest BCUT2D eigenvalue weighted by atomic mass is 10.1. The lowest BCUT2D eigenvalue weighted by molar-refractivity contribution is 0.102. The molecule has 0 unspecified atom stereocenters. The minimum absolute atomic E-state index is 0.0376. The van der Waals surface area contributed by atoms with Crippen LogP contribution in [0.15, 0.2) is 24.7 Å². The third-order valence-corrected chi connectivity index (χ3v) is 4.57. The van der Waals surface area contributed by atoms with Gasteiger partial charge in [-0.3, -0.25) is 9.48 Å². The number of halogens is 2. The minimum Gasteiger partial charge on any atom is -0.366 e. The van der Waals surface area contributed by atoms with E-state index in [1.807, 2.05) is 0 Å². The lowest BCUT2D eigenvalue weighted by Gasteiger charge is -2.24. The van der Waals surface area contributed by atoms with Crippen LogP contribution in [-0.2, 0) is 7.05 Å². The summed E-state index contributed by atoms with van der Waals surface area (Å²) in [5.74, 6) is 0.0549. The Morgan fingerprint density at radius 1 is 1.43 bits per heavy atom. The maximum absolute atomic E-state index is 13.1. The second-order valence-electron chi connectivity index (χ2n) is 6.68. The maximum atomic E-state index is 13.1. The normalized spacial score (nSPS) is 17.2. The van der Waals surface area contributed by atoms with Gasteiger partial charge in [0, 0.05) is 32.0 Å². The van der Waals surface area contributed by atoms with Crippen LogP contribution in [0.2, 0.25) is 0 Å². The van der Waals surface area contributed by atoms with Gasteiger partial charge in [0.1, 0.15) is 11.4 Å². The fraction of sp³-hybridized carbons (Fsp3) is 0.412. The summed E-state index contributed by atoms with van der Waals surface area (Å²) in [6.45, 7) is 1.85. The van der Waals surface area contributed by atoms with Crippen molar-refractivity contribution in [1.29, 1.82) is 0 Å². The van der Waals surface area contributed by atoms with Crippen molar-refractivity contribution in [3.8, 4) is 0 Å². The van der Waals surface area contributed by atoms with E-state index in [1.165, 1.54) is 28.6 Å². The van der Waals surface area contributed by atoms with Crippen molar-refractivity contribution in [2.45, 2.75) is 25.3 Å². The molecule has 0 aromatic carbocycles. The molecular formula is C17H20F2N8O. The SMILES string of the molecule is Cn1cc(NC(=O)c2cnn3ccc(N[C@@H]4CCCNC4)nc23)c(C(F)F)n1. The molecule has 0 radical (unpaired) electrons. The van der Waals surface area contributed by atoms with E-state index in [1.54, 1.807) is 12.3 Å². The van der Waals surface area contributed by atoms with Crippen LogP contribution < -0.4 is 16.0 Å². The monoisotopic (exact) mass is 390 g/mol. The number of alkyl halides is 2. The van der Waals surface area contributed by atoms with Gasteiger partial charge in [-0.15, -0.1) is 0 Å². The first-order valence-electron chi connectivity index (χ1n) is 8.96. The second kappa shape index (κ2) is 7.50. The molecule has 3 N–H and O–H groups in total. The molecule has 3 aromatic heterocycles. The van der Waals surface area contributed by atoms with E-state index in [9.17, 15) is 13.6 Å². The largest absolute Gasteiger partial charge is 0.366 e. The summed E-state index contributed by atoms with van der Waals surface area (Å²) in [4.78, 5) is 17.1. The molecule has 11 heteroatoms. The number of hydrogen-bond donors (Lipinski definition) is 3. The number of nitrogens with zero attached hydrogens (tertiary/aromatic N) is 5. The van der Waals surface area contributed by atoms with Gasteiger partial charge in [0.15, 0.2) is 11.3 Å². The molecular weight excluding hydrogens is 370 g/mol. The molecule has 1 amide bonds. The van der Waals surface area contributed by atoms with Crippen LogP contribution in [-0.4, -0.2) is 49.4 Å². The topological polar surface area (TPSA) is 101 Å². The average Bonchev–Trinajstić information content (AvgIpc) is 3.25. The summed E-state index contributed by atoms with van der Waals surface area (Å²) >= 11 is 0. The maximum Gasteiger partial charge on any atom is 0.284 e. The zero-order valence-electron chi connectivity index (χ0n) is 15.2. The van der Waals surface area contributed by atoms with Gasteiger partial charge in [0.2, 0.25) is 0 Å². The Hall–Kier alpha value is -3.08. The Labute approximate surface area is 159 Å². The molecule has 9 nitrogen and oxygen atoms in total. The highest BCUT2D eigenvalue weighted by Crippen LogP contribution is 2.26. The molecule has 1 aliphatic rings. The van der Waals surface area contributed by atoms with Gasteiger partial charge < -0.3 is 16.0 Å². The first-order chi connectivity index (χ1) is 13.5. The molecule has 148 valence electrons. The number of piperidine rings is 1. The fourth-order valence-corrected chi connectivity index (χ4v) is 3.25. The number of aromatic nitrogens is 5. The number of carbonyl (C=O) groups excluding carboxylic acids is 1. The van der Waals surface area contributed by atoms with Gasteiger partial charge >= 0.3 is 0 Å². The molecule has 3 aromatic rings. The highest BCUT2D eigenvalue weighted by Gasteiger charge is 2.22. The summed E-state index contributed by atoms with van der Waals surface area (Å²) in [5, 5.41) is 17.0. The fourth-order valence-electron chi connectivity index (χ4n) is 3.25. The van der Waals surface area contributed by atoms with Crippen molar-refractivity contribution < 1.29 is 13.6 Å². The molecule has 4 heterocycles. The van der Waals surface area contributed by atoms with Gasteiger partial charge in [-0.1, -0.05) is 0 Å². The number of hydrogen-bond acceptors (Lipinski definition) is 6. The van der Waals surface area contributed by atoms with Gasteiger partial charge in [-0.2, -0.15) is 10.2 Å². The van der Waals surface area contributed by atoms with E-state index in [4.69, 9.17) is 0 Å². The minimum atomic E-state index is -2.79. The van der Waals surface area contributed by atoms with Crippen molar-refractivity contribution in [3.05, 3.63) is 35.9 Å². The average molecular weight is 390 g/mol. The highest BCUT2D eigenvalue weighted by molar-refractivity contribution is 6.08. The Kier molecular flexibility index (Phi) is 4.90. The molecule has 0 spiro atoms. The quantitative estimate of drug-likeness (QED) is 0.614. The van der Waals surface area contributed by atoms with E-state index < -0.39 is 18.0 Å². The number of amides is 1. The molecule has 1 atom stereocenters. The summed E-state index contributed by atoms with van der Waals surface area (Å²) in [5.41, 5.74) is 0.0140. The third-order valence-electron chi connectivity index (χ3n) is 4.57. The van der Waals surface area contributed by atoms with Crippen molar-refractivity contribution >= 4 is 23.1 Å². The molecule has 4 rings (SSSR count). The molecule has 0 bridgehead atoms. The number of rotatable bonds is 5. The number of aryl methyl sites for hydroxylation is 1. The Morgan fingerprint density at radius 3 is 3.04 bits per heavy atom. The number of nitrogens with one attached hydrogen (secondary N) is 3. The molecule has 0 aliphatic carbocycles. The lowest BCUT2D eigenvalue weighted by Crippen LogP contribution is -2.38. The van der Waals surface area contributed by atoms with Crippen molar-refractivity contribution in [2.24, 2.45) is 7.05 Å². The second-order valence-corrected chi connectivity index (χ2v) is 6.68. The zero-order chi connectivity index (χ0) is 19.7. The van der Waals surface area contributed by atoms with E-state index in [2.05, 4.69) is 31.1 Å². The van der Waals surface area contributed by atoms with Crippen LogP contribution in [0.25, 0.3) is 5.65 Å². The van der Waals surface area contributed by atoms with Gasteiger partial charge in [0.25, 0.3) is 12.3 Å². The first kappa shape index (κ1) is 18.3.